The lowest BCUT2D eigenvalue weighted by Gasteiger charge is -2.09. The SMILES string of the molecule is C[C@H](N)C(=O)Nc1cc(Cl)ccc1Br. The van der Waals surface area contributed by atoms with Gasteiger partial charge in [-0.1, -0.05) is 11.6 Å². The van der Waals surface area contributed by atoms with Crippen LogP contribution in [0.3, 0.4) is 0 Å². The second kappa shape index (κ2) is 4.77. The van der Waals surface area contributed by atoms with Crippen molar-refractivity contribution in [2.45, 2.75) is 13.0 Å². The van der Waals surface area contributed by atoms with Crippen molar-refractivity contribution in [1.82, 2.24) is 0 Å². The largest absolute Gasteiger partial charge is 0.324 e. The first-order chi connectivity index (χ1) is 6.50. The Bertz CT molecular complexity index is 355. The first-order valence-corrected chi connectivity index (χ1v) is 5.19. The van der Waals surface area contributed by atoms with Crippen molar-refractivity contribution in [3.05, 3.63) is 27.7 Å². The molecule has 0 bridgehead atoms. The summed E-state index contributed by atoms with van der Waals surface area (Å²) in [4.78, 5) is 11.3. The zero-order chi connectivity index (χ0) is 10.7. The number of carbonyl (C=O) groups is 1. The summed E-state index contributed by atoms with van der Waals surface area (Å²) >= 11 is 9.07. The van der Waals surface area contributed by atoms with Gasteiger partial charge in [0.25, 0.3) is 0 Å². The van der Waals surface area contributed by atoms with Gasteiger partial charge in [-0.25, -0.2) is 0 Å². The molecule has 0 saturated heterocycles. The molecule has 0 aromatic heterocycles. The van der Waals surface area contributed by atoms with Gasteiger partial charge in [-0.15, -0.1) is 0 Å². The maximum atomic E-state index is 11.3. The topological polar surface area (TPSA) is 55.1 Å². The summed E-state index contributed by atoms with van der Waals surface area (Å²) in [6, 6.07) is 4.61. The Labute approximate surface area is 95.7 Å². The molecule has 0 heterocycles. The van der Waals surface area contributed by atoms with Crippen LogP contribution in [0.4, 0.5) is 5.69 Å². The number of hydrogen-bond donors (Lipinski definition) is 2. The Hall–Kier alpha value is -0.580. The first kappa shape index (κ1) is 11.5. The van der Waals surface area contributed by atoms with Crippen LogP contribution in [0.1, 0.15) is 6.92 Å². The first-order valence-electron chi connectivity index (χ1n) is 4.02. The van der Waals surface area contributed by atoms with E-state index >= 15 is 0 Å². The van der Waals surface area contributed by atoms with Gasteiger partial charge >= 0.3 is 0 Å². The summed E-state index contributed by atoms with van der Waals surface area (Å²) in [6.07, 6.45) is 0. The number of nitrogens with two attached hydrogens (primary N) is 1. The van der Waals surface area contributed by atoms with Crippen molar-refractivity contribution in [3.63, 3.8) is 0 Å². The number of nitrogens with one attached hydrogen (secondary N) is 1. The van der Waals surface area contributed by atoms with Crippen LogP contribution in [-0.4, -0.2) is 11.9 Å². The molecule has 0 saturated carbocycles. The quantitative estimate of drug-likeness (QED) is 0.872. The van der Waals surface area contributed by atoms with Crippen LogP contribution < -0.4 is 11.1 Å². The van der Waals surface area contributed by atoms with Gasteiger partial charge in [-0.3, -0.25) is 4.79 Å². The van der Waals surface area contributed by atoms with E-state index in [1.165, 1.54) is 0 Å². The lowest BCUT2D eigenvalue weighted by molar-refractivity contribution is -0.117. The van der Waals surface area contributed by atoms with Crippen molar-refractivity contribution >= 4 is 39.1 Å². The molecular weight excluding hydrogens is 267 g/mol. The fourth-order valence-corrected chi connectivity index (χ4v) is 1.36. The van der Waals surface area contributed by atoms with E-state index < -0.39 is 6.04 Å². The summed E-state index contributed by atoms with van der Waals surface area (Å²) in [6.45, 7) is 1.62. The zero-order valence-corrected chi connectivity index (χ0v) is 9.89. The Morgan fingerprint density at radius 1 is 1.64 bits per heavy atom. The van der Waals surface area contributed by atoms with Gasteiger partial charge in [0.1, 0.15) is 0 Å². The maximum absolute atomic E-state index is 11.3. The van der Waals surface area contributed by atoms with E-state index in [-0.39, 0.29) is 5.91 Å². The van der Waals surface area contributed by atoms with Crippen LogP contribution in [0, 0.1) is 0 Å². The molecule has 3 N–H and O–H groups in total. The molecule has 0 aliphatic rings. The van der Waals surface area contributed by atoms with E-state index in [1.807, 2.05) is 0 Å². The van der Waals surface area contributed by atoms with Gasteiger partial charge in [0.15, 0.2) is 0 Å². The van der Waals surface area contributed by atoms with Crippen LogP contribution in [0.5, 0.6) is 0 Å². The van der Waals surface area contributed by atoms with E-state index in [2.05, 4.69) is 21.2 Å². The second-order valence-electron chi connectivity index (χ2n) is 2.90. The highest BCUT2D eigenvalue weighted by molar-refractivity contribution is 9.10. The molecule has 0 spiro atoms. The van der Waals surface area contributed by atoms with E-state index in [0.717, 1.165) is 4.47 Å². The van der Waals surface area contributed by atoms with Crippen LogP contribution in [0.25, 0.3) is 0 Å². The number of rotatable bonds is 2. The van der Waals surface area contributed by atoms with Gasteiger partial charge in [-0.2, -0.15) is 0 Å². The van der Waals surface area contributed by atoms with E-state index in [1.54, 1.807) is 25.1 Å². The third kappa shape index (κ3) is 2.97. The maximum Gasteiger partial charge on any atom is 0.241 e. The number of anilines is 1. The molecule has 3 nitrogen and oxygen atoms in total. The van der Waals surface area contributed by atoms with Crippen molar-refractivity contribution in [3.8, 4) is 0 Å². The van der Waals surface area contributed by atoms with Crippen LogP contribution in [-0.2, 0) is 4.79 Å². The summed E-state index contributed by atoms with van der Waals surface area (Å²) in [7, 11) is 0. The average molecular weight is 278 g/mol. The molecule has 1 amide bonds. The number of halogens is 2. The van der Waals surface area contributed by atoms with Crippen molar-refractivity contribution in [2.24, 2.45) is 5.73 Å². The molecule has 0 radical (unpaired) electrons. The zero-order valence-electron chi connectivity index (χ0n) is 7.55. The minimum Gasteiger partial charge on any atom is -0.324 e. The third-order valence-corrected chi connectivity index (χ3v) is 2.53. The molecule has 0 fully saturated rings. The monoisotopic (exact) mass is 276 g/mol. The van der Waals surface area contributed by atoms with E-state index in [0.29, 0.717) is 10.7 Å². The van der Waals surface area contributed by atoms with Gasteiger partial charge in [0.2, 0.25) is 5.91 Å². The number of amides is 1. The number of hydrogen-bond acceptors (Lipinski definition) is 2. The molecule has 0 aliphatic heterocycles. The minimum absolute atomic E-state index is 0.243. The van der Waals surface area contributed by atoms with Crippen molar-refractivity contribution in [1.29, 1.82) is 0 Å². The molecule has 14 heavy (non-hydrogen) atoms. The fraction of sp³-hybridized carbons (Fsp3) is 0.222. The Balaban J connectivity index is 2.86. The predicted molar refractivity (Wildman–Crippen MR) is 61.4 cm³/mol. The van der Waals surface area contributed by atoms with Gasteiger partial charge < -0.3 is 11.1 Å². The summed E-state index contributed by atoms with van der Waals surface area (Å²) in [5, 5.41) is 3.22. The van der Waals surface area contributed by atoms with Gasteiger partial charge in [0, 0.05) is 9.50 Å². The van der Waals surface area contributed by atoms with Crippen LogP contribution in [0.15, 0.2) is 22.7 Å². The number of benzene rings is 1. The molecule has 1 rings (SSSR count). The van der Waals surface area contributed by atoms with Crippen molar-refractivity contribution in [2.75, 3.05) is 5.32 Å². The normalized spacial score (nSPS) is 12.3. The van der Waals surface area contributed by atoms with Crippen LogP contribution in [0.2, 0.25) is 5.02 Å². The minimum atomic E-state index is -0.541. The second-order valence-corrected chi connectivity index (χ2v) is 4.19. The van der Waals surface area contributed by atoms with E-state index in [9.17, 15) is 4.79 Å². The highest BCUT2D eigenvalue weighted by Gasteiger charge is 2.09. The average Bonchev–Trinajstić information content (AvgIpc) is 2.11. The molecule has 76 valence electrons. The standard InChI is InChI=1S/C9H10BrClN2O/c1-5(12)9(14)13-8-4-6(11)2-3-7(8)10/h2-5H,12H2,1H3,(H,13,14)/t5-/m0/s1. The molecule has 0 aliphatic carbocycles. The lowest BCUT2D eigenvalue weighted by Crippen LogP contribution is -2.32. The van der Waals surface area contributed by atoms with Gasteiger partial charge in [-0.05, 0) is 41.1 Å². The lowest BCUT2D eigenvalue weighted by atomic mass is 10.3. The number of carbonyl (C=O) groups excluding carboxylic acids is 1. The Morgan fingerprint density at radius 3 is 2.86 bits per heavy atom. The summed E-state index contributed by atoms with van der Waals surface area (Å²) in [5.41, 5.74) is 6.04. The summed E-state index contributed by atoms with van der Waals surface area (Å²) in [5.74, 6) is -0.243. The van der Waals surface area contributed by atoms with Crippen LogP contribution >= 0.6 is 27.5 Å². The summed E-state index contributed by atoms with van der Waals surface area (Å²) < 4.78 is 0.774. The predicted octanol–water partition coefficient (Wildman–Crippen LogP) is 2.39. The molecule has 1 aromatic carbocycles. The van der Waals surface area contributed by atoms with Crippen molar-refractivity contribution < 1.29 is 4.79 Å². The highest BCUT2D eigenvalue weighted by atomic mass is 79.9. The Kier molecular flexibility index (Phi) is 3.92. The third-order valence-electron chi connectivity index (χ3n) is 1.60. The molecular formula is C9H10BrClN2O. The molecule has 0 unspecified atom stereocenters. The fourth-order valence-electron chi connectivity index (χ4n) is 0.840. The molecule has 1 atom stereocenters. The molecule has 1 aromatic rings. The molecule has 5 heteroatoms. The Morgan fingerprint density at radius 2 is 2.29 bits per heavy atom. The van der Waals surface area contributed by atoms with E-state index in [4.69, 9.17) is 17.3 Å². The smallest absolute Gasteiger partial charge is 0.241 e. The van der Waals surface area contributed by atoms with Gasteiger partial charge in [0.05, 0.1) is 11.7 Å². The highest BCUT2D eigenvalue weighted by Crippen LogP contribution is 2.25.